The van der Waals surface area contributed by atoms with Gasteiger partial charge in [0, 0.05) is 12.3 Å². The van der Waals surface area contributed by atoms with Crippen molar-refractivity contribution in [3.05, 3.63) is 29.7 Å². The molecule has 4 N–H and O–H groups in total. The monoisotopic (exact) mass is 530 g/mol. The molecule has 9 nitrogen and oxygen atoms in total. The van der Waals surface area contributed by atoms with Crippen LogP contribution in [-0.2, 0) is 25.6 Å². The third-order valence-corrected chi connectivity index (χ3v) is 8.67. The maximum absolute atomic E-state index is 13.5. The van der Waals surface area contributed by atoms with Crippen molar-refractivity contribution in [1.29, 1.82) is 0 Å². The zero-order chi connectivity index (χ0) is 27.8. The van der Waals surface area contributed by atoms with Crippen molar-refractivity contribution in [2.24, 2.45) is 23.0 Å². The number of epoxide rings is 1. The average molecular weight is 531 g/mol. The van der Waals surface area contributed by atoms with Crippen LogP contribution >= 0.6 is 0 Å². The summed E-state index contributed by atoms with van der Waals surface area (Å²) >= 11 is 0. The Morgan fingerprint density at radius 3 is 2.61 bits per heavy atom. The molecule has 0 aliphatic carbocycles. The van der Waals surface area contributed by atoms with Crippen LogP contribution in [0.4, 0.5) is 0 Å². The SMILES string of the molecule is CC[C@H]1C(=O)C(C)(C)[C@@H](O)CC(=O)O[C@H](c2ccc3oc(CN)nc3c2)C[C@@H]2OC2(C)CCCC(C)[C@@H]1O. The minimum atomic E-state index is -1.26. The van der Waals surface area contributed by atoms with E-state index in [1.807, 2.05) is 26.0 Å². The predicted octanol–water partition coefficient (Wildman–Crippen LogP) is 3.97. The van der Waals surface area contributed by atoms with Gasteiger partial charge in [-0.2, -0.15) is 0 Å². The second-order valence-electron chi connectivity index (χ2n) is 11.9. The highest BCUT2D eigenvalue weighted by Gasteiger charge is 2.53. The summed E-state index contributed by atoms with van der Waals surface area (Å²) in [5, 5.41) is 22.1. The van der Waals surface area contributed by atoms with Crippen LogP contribution in [0.2, 0.25) is 0 Å². The van der Waals surface area contributed by atoms with E-state index in [0.717, 1.165) is 24.8 Å². The molecular weight excluding hydrogens is 488 g/mol. The van der Waals surface area contributed by atoms with Gasteiger partial charge >= 0.3 is 5.97 Å². The van der Waals surface area contributed by atoms with Crippen LogP contribution in [0.3, 0.4) is 0 Å². The summed E-state index contributed by atoms with van der Waals surface area (Å²) in [5.41, 5.74) is 6.05. The first-order valence-corrected chi connectivity index (χ1v) is 13.8. The van der Waals surface area contributed by atoms with Gasteiger partial charge in [0.25, 0.3) is 0 Å². The number of carbonyl (C=O) groups is 2. The van der Waals surface area contributed by atoms with E-state index < -0.39 is 35.6 Å². The molecule has 9 heteroatoms. The Labute approximate surface area is 224 Å². The van der Waals surface area contributed by atoms with Crippen LogP contribution in [0.5, 0.6) is 0 Å². The fraction of sp³-hybridized carbons (Fsp3) is 0.690. The molecule has 0 amide bonds. The van der Waals surface area contributed by atoms with Gasteiger partial charge in [-0.3, -0.25) is 9.59 Å². The summed E-state index contributed by atoms with van der Waals surface area (Å²) in [7, 11) is 0. The number of Topliss-reactive ketones (excluding diaryl/α,β-unsaturated/α-hetero) is 1. The molecule has 2 saturated heterocycles. The molecule has 4 rings (SSSR count). The number of ketones is 1. The molecule has 1 aromatic heterocycles. The Hall–Kier alpha value is -2.33. The summed E-state index contributed by atoms with van der Waals surface area (Å²) in [4.78, 5) is 31.0. The number of esters is 1. The molecule has 2 aliphatic heterocycles. The number of nitrogens with two attached hydrogens (primary N) is 1. The predicted molar refractivity (Wildman–Crippen MR) is 141 cm³/mol. The number of aliphatic hydroxyl groups excluding tert-OH is 2. The second kappa shape index (κ2) is 11.0. The van der Waals surface area contributed by atoms with Gasteiger partial charge in [0.05, 0.1) is 42.3 Å². The fourth-order valence-electron chi connectivity index (χ4n) is 5.72. The van der Waals surface area contributed by atoms with E-state index in [4.69, 9.17) is 19.6 Å². The summed E-state index contributed by atoms with van der Waals surface area (Å²) in [6.07, 6.45) is 0.126. The Morgan fingerprint density at radius 1 is 1.18 bits per heavy atom. The summed E-state index contributed by atoms with van der Waals surface area (Å²) in [6, 6.07) is 5.44. The van der Waals surface area contributed by atoms with Gasteiger partial charge in [-0.1, -0.05) is 40.2 Å². The third kappa shape index (κ3) is 5.81. The van der Waals surface area contributed by atoms with E-state index >= 15 is 0 Å². The number of aromatic nitrogens is 1. The molecule has 7 atom stereocenters. The summed E-state index contributed by atoms with van der Waals surface area (Å²) in [5.74, 6) is -1.14. The van der Waals surface area contributed by atoms with Crippen molar-refractivity contribution in [3.8, 4) is 0 Å². The fourth-order valence-corrected chi connectivity index (χ4v) is 5.72. The first-order chi connectivity index (χ1) is 17.9. The number of aliphatic hydroxyl groups is 2. The highest BCUT2D eigenvalue weighted by molar-refractivity contribution is 5.88. The highest BCUT2D eigenvalue weighted by atomic mass is 16.6. The van der Waals surface area contributed by atoms with Gasteiger partial charge < -0.3 is 29.8 Å². The van der Waals surface area contributed by atoms with Crippen molar-refractivity contribution in [2.45, 2.75) is 110 Å². The number of hydrogen-bond donors (Lipinski definition) is 3. The Kier molecular flexibility index (Phi) is 8.33. The van der Waals surface area contributed by atoms with Gasteiger partial charge in [0.2, 0.25) is 5.89 Å². The number of rotatable bonds is 3. The minimum Gasteiger partial charge on any atom is -0.457 e. The molecule has 2 aliphatic rings. The molecule has 1 aromatic carbocycles. The number of ether oxygens (including phenoxy) is 2. The Bertz CT molecular complexity index is 1160. The van der Waals surface area contributed by atoms with Gasteiger partial charge in [-0.05, 0) is 49.8 Å². The number of fused-ring (bicyclic) bond motifs is 2. The quantitative estimate of drug-likeness (QED) is 0.396. The van der Waals surface area contributed by atoms with Gasteiger partial charge in [0.1, 0.15) is 17.4 Å². The van der Waals surface area contributed by atoms with Crippen molar-refractivity contribution in [3.63, 3.8) is 0 Å². The van der Waals surface area contributed by atoms with Crippen molar-refractivity contribution in [2.75, 3.05) is 0 Å². The van der Waals surface area contributed by atoms with E-state index in [9.17, 15) is 19.8 Å². The number of nitrogens with zero attached hydrogens (tertiary/aromatic N) is 1. The Balaban J connectivity index is 1.62. The molecule has 2 unspecified atom stereocenters. The smallest absolute Gasteiger partial charge is 0.309 e. The van der Waals surface area contributed by atoms with Gasteiger partial charge in [-0.15, -0.1) is 0 Å². The first kappa shape index (κ1) is 28.7. The molecule has 38 heavy (non-hydrogen) atoms. The third-order valence-electron chi connectivity index (χ3n) is 8.67. The lowest BCUT2D eigenvalue weighted by atomic mass is 9.71. The zero-order valence-electron chi connectivity index (χ0n) is 23.1. The molecule has 0 radical (unpaired) electrons. The summed E-state index contributed by atoms with van der Waals surface area (Å²) < 4.78 is 17.6. The average Bonchev–Trinajstić information content (AvgIpc) is 3.31. The molecule has 210 valence electrons. The van der Waals surface area contributed by atoms with Crippen LogP contribution in [0.1, 0.15) is 90.7 Å². The van der Waals surface area contributed by atoms with E-state index in [0.29, 0.717) is 29.8 Å². The van der Waals surface area contributed by atoms with Gasteiger partial charge in [-0.25, -0.2) is 4.98 Å². The van der Waals surface area contributed by atoms with Crippen LogP contribution in [0.25, 0.3) is 11.1 Å². The number of benzene rings is 1. The lowest BCUT2D eigenvalue weighted by molar-refractivity contribution is -0.156. The van der Waals surface area contributed by atoms with Crippen LogP contribution < -0.4 is 5.73 Å². The van der Waals surface area contributed by atoms with Crippen LogP contribution in [-0.4, -0.2) is 50.9 Å². The second-order valence-corrected chi connectivity index (χ2v) is 11.9. The Morgan fingerprint density at radius 2 is 1.92 bits per heavy atom. The molecular formula is C29H42N2O7. The largest absolute Gasteiger partial charge is 0.457 e. The zero-order valence-corrected chi connectivity index (χ0v) is 23.1. The normalized spacial score (nSPS) is 35.1. The molecule has 0 spiro atoms. The number of carbonyl (C=O) groups excluding carboxylic acids is 2. The van der Waals surface area contributed by atoms with Crippen molar-refractivity contribution in [1.82, 2.24) is 4.98 Å². The number of cyclic esters (lactones) is 1. The van der Waals surface area contributed by atoms with E-state index in [2.05, 4.69) is 11.9 Å². The molecule has 0 bridgehead atoms. The topological polar surface area (TPSA) is 148 Å². The van der Waals surface area contributed by atoms with E-state index in [1.165, 1.54) is 0 Å². The molecule has 2 aromatic rings. The maximum Gasteiger partial charge on any atom is 0.309 e. The highest BCUT2D eigenvalue weighted by Crippen LogP contribution is 2.47. The minimum absolute atomic E-state index is 0.0872. The van der Waals surface area contributed by atoms with Gasteiger partial charge in [0.15, 0.2) is 5.58 Å². The number of oxazole rings is 1. The van der Waals surface area contributed by atoms with Crippen LogP contribution in [0.15, 0.2) is 22.6 Å². The molecule has 0 saturated carbocycles. The maximum atomic E-state index is 13.5. The molecule has 2 fully saturated rings. The summed E-state index contributed by atoms with van der Waals surface area (Å²) in [6.45, 7) is 9.32. The van der Waals surface area contributed by atoms with Crippen molar-refractivity contribution < 1.29 is 33.7 Å². The molecule has 3 heterocycles. The van der Waals surface area contributed by atoms with Crippen molar-refractivity contribution >= 4 is 22.9 Å². The van der Waals surface area contributed by atoms with Crippen LogP contribution in [0, 0.1) is 17.3 Å². The lowest BCUT2D eigenvalue weighted by Crippen LogP contribution is -2.46. The van der Waals surface area contributed by atoms with E-state index in [-0.39, 0.29) is 36.4 Å². The van der Waals surface area contributed by atoms with E-state index in [1.54, 1.807) is 19.9 Å². The number of hydrogen-bond acceptors (Lipinski definition) is 9. The first-order valence-electron chi connectivity index (χ1n) is 13.8. The lowest BCUT2D eigenvalue weighted by Gasteiger charge is -2.35. The standard InChI is InChI=1S/C29H42N2O7/c1-6-18-26(34)16(2)8-7-11-29(5)23(38-29)13-21(37-25(33)14-22(32)28(3,4)27(18)35)17-9-10-20-19(12-17)31-24(15-30)36-20/h9-10,12,16,18,21-23,26,32,34H,6-8,11,13-15,30H2,1-5H3/t16?,18-,21+,22+,23+,26+,29?/m1/s1.